The van der Waals surface area contributed by atoms with E-state index in [1.807, 2.05) is 6.92 Å². The van der Waals surface area contributed by atoms with Crippen molar-refractivity contribution in [3.05, 3.63) is 36.5 Å². The Balaban J connectivity index is 4.91. The molecule has 0 rings (SSSR count). The third kappa shape index (κ3) is 4.94. The summed E-state index contributed by atoms with van der Waals surface area (Å²) in [7, 11) is 0. The minimum atomic E-state index is -0.377. The molecule has 0 spiro atoms. The fourth-order valence-corrected chi connectivity index (χ4v) is 1.08. The number of hydrogen-bond acceptors (Lipinski definition) is 3. The lowest BCUT2D eigenvalue weighted by Crippen LogP contribution is -2.18. The summed E-state index contributed by atoms with van der Waals surface area (Å²) in [6.45, 7) is 13.5. The number of allylic oxidation sites excluding steroid dienone is 3. The van der Waals surface area contributed by atoms with Gasteiger partial charge in [0.15, 0.2) is 0 Å². The molecule has 0 aliphatic heterocycles. The molecule has 0 heterocycles. The van der Waals surface area contributed by atoms with Gasteiger partial charge in [-0.25, -0.2) is 4.79 Å². The molecule has 0 aromatic rings. The Morgan fingerprint density at radius 2 is 1.88 bits per heavy atom. The molecule has 0 radical (unpaired) electrons. The van der Waals surface area contributed by atoms with Crippen LogP contribution >= 0.6 is 0 Å². The minimum Gasteiger partial charge on any atom is -0.460 e. The van der Waals surface area contributed by atoms with Gasteiger partial charge in [0.05, 0.1) is 18.3 Å². The summed E-state index contributed by atoms with van der Waals surface area (Å²) < 4.78 is 10.4. The maximum Gasteiger partial charge on any atom is 0.337 e. The first-order valence-electron chi connectivity index (χ1n) is 5.33. The molecule has 0 amide bonds. The van der Waals surface area contributed by atoms with Crippen molar-refractivity contribution in [2.24, 2.45) is 0 Å². The first kappa shape index (κ1) is 14.6. The molecule has 0 fully saturated rings. The van der Waals surface area contributed by atoms with E-state index in [-0.39, 0.29) is 18.7 Å². The van der Waals surface area contributed by atoms with Crippen LogP contribution in [0, 0.1) is 0 Å². The second-order valence-corrected chi connectivity index (χ2v) is 3.43. The molecule has 0 aromatic heterocycles. The monoisotopic (exact) mass is 224 g/mol. The first-order valence-corrected chi connectivity index (χ1v) is 5.33. The van der Waals surface area contributed by atoms with Gasteiger partial charge in [0.2, 0.25) is 0 Å². The molecule has 0 atom stereocenters. The van der Waals surface area contributed by atoms with Gasteiger partial charge in [0.25, 0.3) is 0 Å². The van der Waals surface area contributed by atoms with Gasteiger partial charge >= 0.3 is 5.97 Å². The second kappa shape index (κ2) is 7.88. The quantitative estimate of drug-likeness (QED) is 0.379. The van der Waals surface area contributed by atoms with Crippen LogP contribution in [0.1, 0.15) is 20.8 Å². The lowest BCUT2D eigenvalue weighted by atomic mass is 10.1. The Hall–Kier alpha value is -1.35. The summed E-state index contributed by atoms with van der Waals surface area (Å²) in [6, 6.07) is 0. The molecule has 0 saturated heterocycles. The van der Waals surface area contributed by atoms with Crippen LogP contribution in [0.25, 0.3) is 0 Å². The maximum absolute atomic E-state index is 11.8. The predicted octanol–water partition coefficient (Wildman–Crippen LogP) is 2.64. The van der Waals surface area contributed by atoms with Crippen molar-refractivity contribution in [3.8, 4) is 0 Å². The molecule has 0 aromatic carbocycles. The van der Waals surface area contributed by atoms with Gasteiger partial charge in [-0.05, 0) is 26.3 Å². The van der Waals surface area contributed by atoms with Gasteiger partial charge in [-0.3, -0.25) is 0 Å². The minimum absolute atomic E-state index is 0.153. The molecular weight excluding hydrogens is 204 g/mol. The molecule has 0 N–H and O–H groups in total. The van der Waals surface area contributed by atoms with Crippen LogP contribution in [0.5, 0.6) is 0 Å². The smallest absolute Gasteiger partial charge is 0.337 e. The Bertz CT molecular complexity index is 278. The fourth-order valence-electron chi connectivity index (χ4n) is 1.08. The summed E-state index contributed by atoms with van der Waals surface area (Å²) >= 11 is 0. The van der Waals surface area contributed by atoms with E-state index in [1.54, 1.807) is 26.0 Å². The lowest BCUT2D eigenvalue weighted by molar-refractivity contribution is -0.143. The van der Waals surface area contributed by atoms with Gasteiger partial charge in [0.1, 0.15) is 0 Å². The fraction of sp³-hybridized carbons (Fsp3) is 0.462. The lowest BCUT2D eigenvalue weighted by Gasteiger charge is -2.12. The van der Waals surface area contributed by atoms with Crippen molar-refractivity contribution >= 4 is 5.97 Å². The first-order chi connectivity index (χ1) is 7.56. The van der Waals surface area contributed by atoms with E-state index < -0.39 is 0 Å². The van der Waals surface area contributed by atoms with Crippen LogP contribution in [0.4, 0.5) is 0 Å². The highest BCUT2D eigenvalue weighted by Gasteiger charge is 2.15. The van der Waals surface area contributed by atoms with E-state index >= 15 is 0 Å². The Morgan fingerprint density at radius 3 is 2.25 bits per heavy atom. The zero-order chi connectivity index (χ0) is 12.6. The Kier molecular flexibility index (Phi) is 7.21. The molecule has 0 bridgehead atoms. The van der Waals surface area contributed by atoms with Crippen LogP contribution in [0.15, 0.2) is 36.5 Å². The Labute approximate surface area is 97.4 Å². The number of ether oxygens (including phenoxy) is 2. The summed E-state index contributed by atoms with van der Waals surface area (Å²) in [5.41, 5.74) is 1.11. The highest BCUT2D eigenvalue weighted by atomic mass is 16.5. The standard InChI is InChI=1S/C13H20O3/c1-6-11(7-2)12(9-15-8-3)13(14)16-10(4)5/h6-7,10H,1-2,8-9H2,3-5H3. The van der Waals surface area contributed by atoms with Gasteiger partial charge in [0, 0.05) is 6.61 Å². The normalized spacial score (nSPS) is 9.75. The van der Waals surface area contributed by atoms with Crippen molar-refractivity contribution in [1.29, 1.82) is 0 Å². The van der Waals surface area contributed by atoms with E-state index in [4.69, 9.17) is 9.47 Å². The van der Waals surface area contributed by atoms with Crippen LogP contribution in [0.2, 0.25) is 0 Å². The van der Waals surface area contributed by atoms with Crippen molar-refractivity contribution in [2.45, 2.75) is 26.9 Å². The van der Waals surface area contributed by atoms with E-state index in [1.165, 1.54) is 0 Å². The van der Waals surface area contributed by atoms with Crippen LogP contribution in [0.3, 0.4) is 0 Å². The van der Waals surface area contributed by atoms with Gasteiger partial charge in [-0.1, -0.05) is 25.3 Å². The summed E-state index contributed by atoms with van der Waals surface area (Å²) in [4.78, 5) is 11.8. The topological polar surface area (TPSA) is 35.5 Å². The summed E-state index contributed by atoms with van der Waals surface area (Å²) in [6.07, 6.45) is 2.99. The van der Waals surface area contributed by atoms with Crippen LogP contribution in [-0.4, -0.2) is 25.3 Å². The highest BCUT2D eigenvalue weighted by molar-refractivity contribution is 5.91. The molecule has 3 heteroatoms. The number of carbonyl (C=O) groups excluding carboxylic acids is 1. The van der Waals surface area contributed by atoms with Crippen LogP contribution in [-0.2, 0) is 14.3 Å². The van der Waals surface area contributed by atoms with Crippen molar-refractivity contribution in [2.75, 3.05) is 13.2 Å². The zero-order valence-electron chi connectivity index (χ0n) is 10.3. The molecular formula is C13H20O3. The summed E-state index contributed by atoms with van der Waals surface area (Å²) in [5.74, 6) is -0.377. The van der Waals surface area contributed by atoms with Crippen molar-refractivity contribution in [1.82, 2.24) is 0 Å². The second-order valence-electron chi connectivity index (χ2n) is 3.43. The zero-order valence-corrected chi connectivity index (χ0v) is 10.3. The summed E-state index contributed by atoms with van der Waals surface area (Å²) in [5, 5.41) is 0. The number of carbonyl (C=O) groups is 1. The maximum atomic E-state index is 11.8. The third-order valence-corrected chi connectivity index (χ3v) is 1.83. The van der Waals surface area contributed by atoms with E-state index in [0.717, 1.165) is 0 Å². The van der Waals surface area contributed by atoms with Crippen molar-refractivity contribution < 1.29 is 14.3 Å². The van der Waals surface area contributed by atoms with E-state index in [9.17, 15) is 4.79 Å². The largest absolute Gasteiger partial charge is 0.460 e. The van der Waals surface area contributed by atoms with E-state index in [2.05, 4.69) is 13.2 Å². The molecule has 0 unspecified atom stereocenters. The average molecular weight is 224 g/mol. The molecule has 16 heavy (non-hydrogen) atoms. The Morgan fingerprint density at radius 1 is 1.31 bits per heavy atom. The number of hydrogen-bond donors (Lipinski definition) is 0. The van der Waals surface area contributed by atoms with Gasteiger partial charge < -0.3 is 9.47 Å². The molecule has 90 valence electrons. The van der Waals surface area contributed by atoms with Crippen molar-refractivity contribution in [3.63, 3.8) is 0 Å². The SMILES string of the molecule is C=CC(C=C)=C(COCC)C(=O)OC(C)C. The van der Waals surface area contributed by atoms with Crippen LogP contribution < -0.4 is 0 Å². The predicted molar refractivity (Wildman–Crippen MR) is 65.1 cm³/mol. The molecule has 0 saturated carbocycles. The molecule has 3 nitrogen and oxygen atoms in total. The van der Waals surface area contributed by atoms with Gasteiger partial charge in [-0.2, -0.15) is 0 Å². The third-order valence-electron chi connectivity index (χ3n) is 1.83. The molecule has 0 aliphatic carbocycles. The average Bonchev–Trinajstić information content (AvgIpc) is 2.23. The number of esters is 1. The van der Waals surface area contributed by atoms with Gasteiger partial charge in [-0.15, -0.1) is 0 Å². The molecule has 0 aliphatic rings. The number of rotatable bonds is 7. The highest BCUT2D eigenvalue weighted by Crippen LogP contribution is 2.11. The van der Waals surface area contributed by atoms with E-state index in [0.29, 0.717) is 17.8 Å².